The highest BCUT2D eigenvalue weighted by Gasteiger charge is 2.30. The molecular formula is C32H40ClN3O2. The maximum Gasteiger partial charge on any atom is 0.127 e. The minimum Gasteiger partial charge on any atom is -0.492 e. The van der Waals surface area contributed by atoms with Gasteiger partial charge in [0.1, 0.15) is 30.0 Å². The van der Waals surface area contributed by atoms with Crippen LogP contribution in [-0.2, 0) is 0 Å². The molecule has 2 heterocycles. The lowest BCUT2D eigenvalue weighted by Crippen LogP contribution is -2.33. The Kier molecular flexibility index (Phi) is 8.98. The van der Waals surface area contributed by atoms with Crippen LogP contribution in [0, 0.1) is 6.92 Å². The molecule has 202 valence electrons. The lowest BCUT2D eigenvalue weighted by molar-refractivity contribution is 0.183. The Labute approximate surface area is 232 Å². The number of ether oxygens (including phenoxy) is 2. The second-order valence-corrected chi connectivity index (χ2v) is 10.9. The van der Waals surface area contributed by atoms with Gasteiger partial charge in [-0.05, 0) is 92.9 Å². The van der Waals surface area contributed by atoms with Gasteiger partial charge in [-0.1, -0.05) is 49.9 Å². The predicted molar refractivity (Wildman–Crippen MR) is 158 cm³/mol. The molecule has 0 aliphatic carbocycles. The molecule has 1 unspecified atom stereocenters. The molecule has 3 aromatic carbocycles. The van der Waals surface area contributed by atoms with E-state index in [0.717, 1.165) is 59.6 Å². The zero-order chi connectivity index (χ0) is 26.3. The van der Waals surface area contributed by atoms with Gasteiger partial charge < -0.3 is 19.7 Å². The van der Waals surface area contributed by atoms with Crippen molar-refractivity contribution in [3.63, 3.8) is 0 Å². The number of likely N-dealkylation sites (tertiary alicyclic amines) is 1. The van der Waals surface area contributed by atoms with Crippen molar-refractivity contribution in [3.8, 4) is 17.2 Å². The van der Waals surface area contributed by atoms with Crippen molar-refractivity contribution >= 4 is 23.0 Å². The summed E-state index contributed by atoms with van der Waals surface area (Å²) in [5.74, 6) is 2.55. The molecule has 5 nitrogen and oxygen atoms in total. The van der Waals surface area contributed by atoms with E-state index in [9.17, 15) is 0 Å². The average Bonchev–Trinajstić information content (AvgIpc) is 3.30. The quantitative estimate of drug-likeness (QED) is 0.250. The number of nitrogens with one attached hydrogen (secondary N) is 1. The Hall–Kier alpha value is -2.89. The fourth-order valence-electron chi connectivity index (χ4n) is 5.41. The van der Waals surface area contributed by atoms with Crippen molar-refractivity contribution in [2.45, 2.75) is 58.5 Å². The first kappa shape index (κ1) is 26.7. The monoisotopic (exact) mass is 533 g/mol. The van der Waals surface area contributed by atoms with Crippen LogP contribution in [0.4, 0.5) is 11.4 Å². The van der Waals surface area contributed by atoms with Crippen LogP contribution in [0.5, 0.6) is 17.2 Å². The molecule has 0 aromatic heterocycles. The van der Waals surface area contributed by atoms with Crippen molar-refractivity contribution in [3.05, 3.63) is 76.8 Å². The first-order valence-electron chi connectivity index (χ1n) is 14.2. The molecule has 1 fully saturated rings. The molecule has 38 heavy (non-hydrogen) atoms. The molecule has 5 rings (SSSR count). The number of hydrogen-bond donors (Lipinski definition) is 1. The smallest absolute Gasteiger partial charge is 0.127 e. The zero-order valence-corrected chi connectivity index (χ0v) is 23.5. The standard InChI is InChI=1S/C32H40ClN3O2/c1-3-4-6-18-36-31-23-26(37-20-19-35-16-7-5-8-17-35)13-15-30(31)34-32(36)25-10-9-11-27(22-25)38-28-12-14-29(33)24(2)21-28/h9-15,21-23,32,34H,3-8,16-20H2,1-2H3. The van der Waals surface area contributed by atoms with Gasteiger partial charge in [0.25, 0.3) is 0 Å². The number of hydrogen-bond acceptors (Lipinski definition) is 5. The van der Waals surface area contributed by atoms with E-state index in [1.54, 1.807) is 0 Å². The van der Waals surface area contributed by atoms with Crippen molar-refractivity contribution in [2.24, 2.45) is 0 Å². The SMILES string of the molecule is CCCCCN1c2cc(OCCN3CCCCC3)ccc2NC1c1cccc(Oc2ccc(Cl)c(C)c2)c1. The highest BCUT2D eigenvalue weighted by Crippen LogP contribution is 2.44. The van der Waals surface area contributed by atoms with E-state index in [4.69, 9.17) is 21.1 Å². The van der Waals surface area contributed by atoms with Crippen molar-refractivity contribution in [1.82, 2.24) is 4.90 Å². The van der Waals surface area contributed by atoms with E-state index in [2.05, 4.69) is 58.4 Å². The number of aryl methyl sites for hydroxylation is 1. The number of fused-ring (bicyclic) bond motifs is 1. The van der Waals surface area contributed by atoms with Crippen LogP contribution in [0.3, 0.4) is 0 Å². The maximum absolute atomic E-state index is 6.23. The molecule has 0 bridgehead atoms. The van der Waals surface area contributed by atoms with Gasteiger partial charge in [0, 0.05) is 24.2 Å². The predicted octanol–water partition coefficient (Wildman–Crippen LogP) is 8.43. The van der Waals surface area contributed by atoms with Crippen LogP contribution < -0.4 is 19.7 Å². The Morgan fingerprint density at radius 3 is 2.53 bits per heavy atom. The van der Waals surface area contributed by atoms with Crippen LogP contribution in [-0.4, -0.2) is 37.7 Å². The number of anilines is 2. The Balaban J connectivity index is 1.31. The van der Waals surface area contributed by atoms with Gasteiger partial charge in [0.2, 0.25) is 0 Å². The van der Waals surface area contributed by atoms with Gasteiger partial charge in [-0.2, -0.15) is 0 Å². The third-order valence-electron chi connectivity index (χ3n) is 7.55. The summed E-state index contributed by atoms with van der Waals surface area (Å²) in [5.41, 5.74) is 4.54. The number of unbranched alkanes of at least 4 members (excludes halogenated alkanes) is 2. The summed E-state index contributed by atoms with van der Waals surface area (Å²) in [6.45, 7) is 9.35. The molecule has 6 heteroatoms. The molecule has 0 radical (unpaired) electrons. The number of halogens is 1. The highest BCUT2D eigenvalue weighted by molar-refractivity contribution is 6.31. The summed E-state index contributed by atoms with van der Waals surface area (Å²) in [5, 5.41) is 4.51. The normalized spacial score (nSPS) is 17.2. The van der Waals surface area contributed by atoms with E-state index in [0.29, 0.717) is 0 Å². The third-order valence-corrected chi connectivity index (χ3v) is 7.97. The first-order valence-corrected chi connectivity index (χ1v) is 14.5. The summed E-state index contributed by atoms with van der Waals surface area (Å²) in [4.78, 5) is 5.00. The molecule has 1 atom stereocenters. The largest absolute Gasteiger partial charge is 0.492 e. The molecule has 1 N–H and O–H groups in total. The number of nitrogens with zero attached hydrogens (tertiary/aromatic N) is 2. The topological polar surface area (TPSA) is 37.0 Å². The second-order valence-electron chi connectivity index (χ2n) is 10.5. The summed E-state index contributed by atoms with van der Waals surface area (Å²) >= 11 is 6.20. The van der Waals surface area contributed by atoms with Gasteiger partial charge >= 0.3 is 0 Å². The van der Waals surface area contributed by atoms with Crippen molar-refractivity contribution in [1.29, 1.82) is 0 Å². The van der Waals surface area contributed by atoms with E-state index in [1.165, 1.54) is 56.4 Å². The molecule has 3 aromatic rings. The van der Waals surface area contributed by atoms with Crippen LogP contribution in [0.15, 0.2) is 60.7 Å². The van der Waals surface area contributed by atoms with Gasteiger partial charge in [0.15, 0.2) is 0 Å². The van der Waals surface area contributed by atoms with E-state index < -0.39 is 0 Å². The fraction of sp³-hybridized carbons (Fsp3) is 0.438. The molecular weight excluding hydrogens is 494 g/mol. The lowest BCUT2D eigenvalue weighted by Gasteiger charge is -2.28. The maximum atomic E-state index is 6.23. The van der Waals surface area contributed by atoms with E-state index in [-0.39, 0.29) is 6.17 Å². The van der Waals surface area contributed by atoms with Gasteiger partial charge in [0.05, 0.1) is 11.4 Å². The minimum atomic E-state index is 0.0426. The lowest BCUT2D eigenvalue weighted by atomic mass is 10.1. The van der Waals surface area contributed by atoms with Crippen LogP contribution in [0.25, 0.3) is 0 Å². The zero-order valence-electron chi connectivity index (χ0n) is 22.7. The van der Waals surface area contributed by atoms with Crippen molar-refractivity contribution in [2.75, 3.05) is 43.0 Å². The third kappa shape index (κ3) is 6.57. The number of piperidine rings is 1. The molecule has 1 saturated heterocycles. The van der Waals surface area contributed by atoms with E-state index in [1.807, 2.05) is 31.2 Å². The summed E-state index contributed by atoms with van der Waals surface area (Å²) in [7, 11) is 0. The van der Waals surface area contributed by atoms with Crippen LogP contribution in [0.1, 0.15) is 62.7 Å². The van der Waals surface area contributed by atoms with Crippen LogP contribution >= 0.6 is 11.6 Å². The summed E-state index contributed by atoms with van der Waals surface area (Å²) in [6.07, 6.45) is 7.58. The fourth-order valence-corrected chi connectivity index (χ4v) is 5.53. The van der Waals surface area contributed by atoms with Crippen molar-refractivity contribution < 1.29 is 9.47 Å². The second kappa shape index (κ2) is 12.8. The Bertz CT molecular complexity index is 1210. The molecule has 0 saturated carbocycles. The van der Waals surface area contributed by atoms with Crippen LogP contribution in [0.2, 0.25) is 5.02 Å². The molecule has 2 aliphatic rings. The van der Waals surface area contributed by atoms with Gasteiger partial charge in [-0.25, -0.2) is 0 Å². The Morgan fingerprint density at radius 2 is 1.71 bits per heavy atom. The number of benzene rings is 3. The summed E-state index contributed by atoms with van der Waals surface area (Å²) in [6, 6.07) is 20.6. The number of rotatable bonds is 11. The first-order chi connectivity index (χ1) is 18.6. The molecule has 0 spiro atoms. The van der Waals surface area contributed by atoms with Gasteiger partial charge in [-0.15, -0.1) is 0 Å². The molecule has 0 amide bonds. The Morgan fingerprint density at radius 1 is 0.895 bits per heavy atom. The molecule has 2 aliphatic heterocycles. The van der Waals surface area contributed by atoms with Gasteiger partial charge in [-0.3, -0.25) is 4.90 Å². The highest BCUT2D eigenvalue weighted by atomic mass is 35.5. The minimum absolute atomic E-state index is 0.0426. The average molecular weight is 534 g/mol. The summed E-state index contributed by atoms with van der Waals surface area (Å²) < 4.78 is 12.4. The van der Waals surface area contributed by atoms with E-state index >= 15 is 0 Å².